The standard InChI is InChI=1S/C13H10O5/c1-2-5-17-9-4-3-8-6-10(12(14)15)13(16)18-11(8)7-9/h2-4,6-7H,1,5H2,(H,14,15). The summed E-state index contributed by atoms with van der Waals surface area (Å²) in [5.41, 5.74) is -0.982. The number of hydrogen-bond acceptors (Lipinski definition) is 4. The molecule has 0 fully saturated rings. The molecule has 92 valence electrons. The molecular weight excluding hydrogens is 236 g/mol. The molecule has 18 heavy (non-hydrogen) atoms. The highest BCUT2D eigenvalue weighted by molar-refractivity contribution is 5.91. The van der Waals surface area contributed by atoms with E-state index in [1.54, 1.807) is 18.2 Å². The lowest BCUT2D eigenvalue weighted by Crippen LogP contribution is -2.12. The zero-order valence-electron chi connectivity index (χ0n) is 9.38. The van der Waals surface area contributed by atoms with Gasteiger partial charge in [-0.2, -0.15) is 0 Å². The van der Waals surface area contributed by atoms with E-state index in [9.17, 15) is 9.59 Å². The molecule has 1 N–H and O–H groups in total. The van der Waals surface area contributed by atoms with Crippen molar-refractivity contribution in [3.8, 4) is 5.75 Å². The summed E-state index contributed by atoms with van der Waals surface area (Å²) >= 11 is 0. The Bertz CT molecular complexity index is 669. The number of carbonyl (C=O) groups is 1. The van der Waals surface area contributed by atoms with Crippen LogP contribution in [0.2, 0.25) is 0 Å². The molecule has 0 unspecified atom stereocenters. The second-order valence-corrected chi connectivity index (χ2v) is 3.55. The Morgan fingerprint density at radius 2 is 2.22 bits per heavy atom. The number of ether oxygens (including phenoxy) is 1. The Kier molecular flexibility index (Phi) is 3.14. The normalized spacial score (nSPS) is 10.2. The number of carboxylic acids is 1. The Morgan fingerprint density at radius 1 is 1.44 bits per heavy atom. The summed E-state index contributed by atoms with van der Waals surface area (Å²) in [6, 6.07) is 6.10. The van der Waals surface area contributed by atoms with E-state index < -0.39 is 11.6 Å². The van der Waals surface area contributed by atoms with Crippen molar-refractivity contribution in [1.29, 1.82) is 0 Å². The van der Waals surface area contributed by atoms with Crippen molar-refractivity contribution < 1.29 is 19.1 Å². The third kappa shape index (κ3) is 2.24. The number of fused-ring (bicyclic) bond motifs is 1. The molecule has 2 rings (SSSR count). The van der Waals surface area contributed by atoms with E-state index in [4.69, 9.17) is 14.3 Å². The van der Waals surface area contributed by atoms with Crippen molar-refractivity contribution in [3.05, 3.63) is 52.9 Å². The highest BCUT2D eigenvalue weighted by Crippen LogP contribution is 2.20. The number of hydrogen-bond donors (Lipinski definition) is 1. The molecule has 0 spiro atoms. The second-order valence-electron chi connectivity index (χ2n) is 3.55. The fourth-order valence-electron chi connectivity index (χ4n) is 1.49. The highest BCUT2D eigenvalue weighted by Gasteiger charge is 2.12. The molecule has 5 heteroatoms. The number of aromatic carboxylic acids is 1. The van der Waals surface area contributed by atoms with E-state index in [0.29, 0.717) is 17.7 Å². The van der Waals surface area contributed by atoms with Gasteiger partial charge in [-0.25, -0.2) is 9.59 Å². The monoisotopic (exact) mass is 246 g/mol. The first-order chi connectivity index (χ1) is 8.61. The van der Waals surface area contributed by atoms with Crippen molar-refractivity contribution in [3.63, 3.8) is 0 Å². The molecule has 0 saturated carbocycles. The van der Waals surface area contributed by atoms with Crippen molar-refractivity contribution in [2.24, 2.45) is 0 Å². The smallest absolute Gasteiger partial charge is 0.351 e. The lowest BCUT2D eigenvalue weighted by molar-refractivity contribution is 0.0692. The molecule has 0 aliphatic heterocycles. The molecule has 1 heterocycles. The lowest BCUT2D eigenvalue weighted by atomic mass is 10.2. The predicted octanol–water partition coefficient (Wildman–Crippen LogP) is 2.06. The minimum absolute atomic E-state index is 0.284. The van der Waals surface area contributed by atoms with E-state index in [2.05, 4.69) is 6.58 Å². The van der Waals surface area contributed by atoms with Crippen molar-refractivity contribution in [2.75, 3.05) is 6.61 Å². The van der Waals surface area contributed by atoms with Gasteiger partial charge in [-0.1, -0.05) is 12.7 Å². The van der Waals surface area contributed by atoms with E-state index in [1.165, 1.54) is 12.1 Å². The molecule has 0 aliphatic carbocycles. The van der Waals surface area contributed by atoms with Crippen molar-refractivity contribution >= 4 is 16.9 Å². The van der Waals surface area contributed by atoms with Crippen LogP contribution in [0.3, 0.4) is 0 Å². The van der Waals surface area contributed by atoms with Gasteiger partial charge in [0.05, 0.1) is 0 Å². The summed E-state index contributed by atoms with van der Waals surface area (Å²) in [6.45, 7) is 3.86. The van der Waals surface area contributed by atoms with Gasteiger partial charge >= 0.3 is 11.6 Å². The van der Waals surface area contributed by atoms with Crippen LogP contribution in [-0.2, 0) is 0 Å². The molecule has 0 aliphatic rings. The van der Waals surface area contributed by atoms with E-state index in [1.807, 2.05) is 0 Å². The van der Waals surface area contributed by atoms with Crippen LogP contribution >= 0.6 is 0 Å². The first-order valence-corrected chi connectivity index (χ1v) is 5.16. The number of carboxylic acid groups (broad SMARTS) is 1. The SMILES string of the molecule is C=CCOc1ccc2cc(C(=O)O)c(=O)oc2c1. The Hall–Kier alpha value is -2.56. The maximum Gasteiger partial charge on any atom is 0.351 e. The molecule has 0 atom stereocenters. The fourth-order valence-corrected chi connectivity index (χ4v) is 1.49. The van der Waals surface area contributed by atoms with Gasteiger partial charge in [0.2, 0.25) is 0 Å². The van der Waals surface area contributed by atoms with Crippen LogP contribution < -0.4 is 10.4 Å². The average Bonchev–Trinajstić information content (AvgIpc) is 2.34. The summed E-state index contributed by atoms with van der Waals surface area (Å²) in [6.07, 6.45) is 1.59. The molecule has 0 amide bonds. The zero-order chi connectivity index (χ0) is 13.1. The third-order valence-electron chi connectivity index (χ3n) is 2.31. The van der Waals surface area contributed by atoms with Crippen molar-refractivity contribution in [2.45, 2.75) is 0 Å². The first kappa shape index (κ1) is 11.9. The Labute approximate surface area is 102 Å². The molecule has 0 radical (unpaired) electrons. The van der Waals surface area contributed by atoms with E-state index in [-0.39, 0.29) is 11.1 Å². The Morgan fingerprint density at radius 3 is 2.89 bits per heavy atom. The fraction of sp³-hybridized carbons (Fsp3) is 0.0769. The minimum atomic E-state index is -1.31. The predicted molar refractivity (Wildman–Crippen MR) is 65.1 cm³/mol. The van der Waals surface area contributed by atoms with Gasteiger partial charge in [0.25, 0.3) is 0 Å². The summed E-state index contributed by atoms with van der Waals surface area (Å²) in [4.78, 5) is 22.2. The Balaban J connectivity index is 2.52. The van der Waals surface area contributed by atoms with Gasteiger partial charge in [-0.15, -0.1) is 0 Å². The van der Waals surface area contributed by atoms with Crippen LogP contribution in [0.25, 0.3) is 11.0 Å². The zero-order valence-corrected chi connectivity index (χ0v) is 9.38. The molecule has 5 nitrogen and oxygen atoms in total. The largest absolute Gasteiger partial charge is 0.489 e. The molecule has 1 aromatic heterocycles. The topological polar surface area (TPSA) is 76.7 Å². The number of rotatable bonds is 4. The van der Waals surface area contributed by atoms with Crippen molar-refractivity contribution in [1.82, 2.24) is 0 Å². The van der Waals surface area contributed by atoms with Crippen LogP contribution in [0.4, 0.5) is 0 Å². The lowest BCUT2D eigenvalue weighted by Gasteiger charge is -2.04. The molecule has 2 aromatic rings. The summed E-state index contributed by atoms with van der Waals surface area (Å²) in [5, 5.41) is 9.33. The van der Waals surface area contributed by atoms with Gasteiger partial charge in [0, 0.05) is 11.5 Å². The highest BCUT2D eigenvalue weighted by atomic mass is 16.5. The number of benzene rings is 1. The van der Waals surface area contributed by atoms with Crippen LogP contribution in [0.1, 0.15) is 10.4 Å². The molecule has 0 bridgehead atoms. The maximum absolute atomic E-state index is 11.4. The molecule has 1 aromatic carbocycles. The van der Waals surface area contributed by atoms with Gasteiger partial charge in [0.15, 0.2) is 0 Å². The average molecular weight is 246 g/mol. The van der Waals surface area contributed by atoms with Gasteiger partial charge in [-0.05, 0) is 18.2 Å². The van der Waals surface area contributed by atoms with Gasteiger partial charge < -0.3 is 14.3 Å². The first-order valence-electron chi connectivity index (χ1n) is 5.16. The van der Waals surface area contributed by atoms with Crippen LogP contribution in [0.5, 0.6) is 5.75 Å². The maximum atomic E-state index is 11.4. The van der Waals surface area contributed by atoms with Crippen LogP contribution in [-0.4, -0.2) is 17.7 Å². The minimum Gasteiger partial charge on any atom is -0.489 e. The second kappa shape index (κ2) is 4.75. The van der Waals surface area contributed by atoms with E-state index in [0.717, 1.165) is 0 Å². The quantitative estimate of drug-likeness (QED) is 0.660. The summed E-state index contributed by atoms with van der Waals surface area (Å²) in [5.74, 6) is -0.786. The van der Waals surface area contributed by atoms with Gasteiger partial charge in [0.1, 0.15) is 23.5 Å². The van der Waals surface area contributed by atoms with Gasteiger partial charge in [-0.3, -0.25) is 0 Å². The summed E-state index contributed by atoms with van der Waals surface area (Å²) < 4.78 is 10.2. The molecular formula is C13H10O5. The van der Waals surface area contributed by atoms with E-state index >= 15 is 0 Å². The molecule has 0 saturated heterocycles. The van der Waals surface area contributed by atoms with Crippen LogP contribution in [0.15, 0.2) is 46.1 Å². The summed E-state index contributed by atoms with van der Waals surface area (Å²) in [7, 11) is 0. The van der Waals surface area contributed by atoms with Crippen LogP contribution in [0, 0.1) is 0 Å². The third-order valence-corrected chi connectivity index (χ3v) is 2.31.